The summed E-state index contributed by atoms with van der Waals surface area (Å²) >= 11 is -0.0305. The zero-order valence-corrected chi connectivity index (χ0v) is 16.8. The number of rotatable bonds is 10. The number of benzene rings is 2. The van der Waals surface area contributed by atoms with Crippen LogP contribution in [-0.2, 0) is 12.8 Å². The molecule has 0 heterocycles. The van der Waals surface area contributed by atoms with Crippen LogP contribution in [0.4, 0.5) is 0 Å². The first-order chi connectivity index (χ1) is 11.3. The molecule has 126 valence electrons. The van der Waals surface area contributed by atoms with E-state index in [0.29, 0.717) is 0 Å². The summed E-state index contributed by atoms with van der Waals surface area (Å²) in [5, 5.41) is 0. The first kappa shape index (κ1) is 18.5. The van der Waals surface area contributed by atoms with Gasteiger partial charge in [0.1, 0.15) is 0 Å². The van der Waals surface area contributed by atoms with Crippen LogP contribution in [0.2, 0.25) is 0 Å². The number of unbranched alkanes of at least 4 members (excludes halogenated alkanes) is 4. The number of hydrogen-bond donors (Lipinski definition) is 0. The van der Waals surface area contributed by atoms with Crippen molar-refractivity contribution >= 4 is 0 Å². The molecule has 0 N–H and O–H groups in total. The van der Waals surface area contributed by atoms with Crippen LogP contribution in [0.15, 0.2) is 48.5 Å². The van der Waals surface area contributed by atoms with Gasteiger partial charge in [-0.1, -0.05) is 0 Å². The molecule has 23 heavy (non-hydrogen) atoms. The van der Waals surface area contributed by atoms with Crippen molar-refractivity contribution in [1.29, 1.82) is 0 Å². The van der Waals surface area contributed by atoms with Crippen LogP contribution in [0, 0.1) is 7.14 Å². The van der Waals surface area contributed by atoms with Crippen molar-refractivity contribution in [3.05, 3.63) is 66.8 Å². The van der Waals surface area contributed by atoms with Crippen molar-refractivity contribution in [1.82, 2.24) is 0 Å². The Balaban J connectivity index is 1.84. The molecule has 0 bridgehead atoms. The molecule has 0 aliphatic carbocycles. The first-order valence-electron chi connectivity index (χ1n) is 9.14. The summed E-state index contributed by atoms with van der Waals surface area (Å²) in [6.45, 7) is 4.53. The van der Waals surface area contributed by atoms with E-state index < -0.39 is 0 Å². The first-order valence-corrected chi connectivity index (χ1v) is 11.3. The maximum atomic E-state index is 2.35. The van der Waals surface area contributed by atoms with Crippen molar-refractivity contribution in [3.8, 4) is 0 Å². The zero-order valence-electron chi connectivity index (χ0n) is 14.7. The molecule has 2 aromatic rings. The molecule has 0 saturated heterocycles. The van der Waals surface area contributed by atoms with Gasteiger partial charge < -0.3 is 0 Å². The quantitative estimate of drug-likeness (QED) is 0.408. The van der Waals surface area contributed by atoms with Crippen molar-refractivity contribution in [2.24, 2.45) is 0 Å². The Labute approximate surface area is 153 Å². The van der Waals surface area contributed by atoms with Crippen LogP contribution in [0.3, 0.4) is 0 Å². The second kappa shape index (κ2) is 10.9. The summed E-state index contributed by atoms with van der Waals surface area (Å²) in [6.07, 6.45) is 10.4. The van der Waals surface area contributed by atoms with Crippen LogP contribution >= 0.6 is 0 Å². The summed E-state index contributed by atoms with van der Waals surface area (Å²) < 4.78 is 3.06. The average molecular weight is 421 g/mol. The van der Waals surface area contributed by atoms with Gasteiger partial charge in [-0.15, -0.1) is 0 Å². The van der Waals surface area contributed by atoms with Crippen LogP contribution < -0.4 is 21.2 Å². The van der Waals surface area contributed by atoms with Gasteiger partial charge in [0.25, 0.3) is 0 Å². The summed E-state index contributed by atoms with van der Waals surface area (Å²) in [6, 6.07) is 18.8. The summed E-state index contributed by atoms with van der Waals surface area (Å²) in [5.41, 5.74) is 3.00. The van der Waals surface area contributed by atoms with Crippen molar-refractivity contribution in [3.63, 3.8) is 0 Å². The second-order valence-corrected chi connectivity index (χ2v) is 9.29. The summed E-state index contributed by atoms with van der Waals surface area (Å²) in [7, 11) is 0. The second-order valence-electron chi connectivity index (χ2n) is 6.26. The Morgan fingerprint density at radius 2 is 0.957 bits per heavy atom. The SMILES string of the molecule is CCCCCc1ccc([I-]c2ccc(CCCCC)cc2)cc1. The van der Waals surface area contributed by atoms with Crippen LogP contribution in [0.5, 0.6) is 0 Å². The molecule has 2 aromatic carbocycles. The van der Waals surface area contributed by atoms with E-state index >= 15 is 0 Å². The molecule has 0 aliphatic rings. The van der Waals surface area contributed by atoms with Crippen molar-refractivity contribution < 1.29 is 21.2 Å². The van der Waals surface area contributed by atoms with Crippen molar-refractivity contribution in [2.45, 2.75) is 65.2 Å². The van der Waals surface area contributed by atoms with E-state index in [1.165, 1.54) is 69.6 Å². The Morgan fingerprint density at radius 1 is 0.565 bits per heavy atom. The van der Waals surface area contributed by atoms with Gasteiger partial charge in [0.15, 0.2) is 0 Å². The van der Waals surface area contributed by atoms with Crippen LogP contribution in [0.1, 0.15) is 63.5 Å². The number of aryl methyl sites for hydroxylation is 2. The van der Waals surface area contributed by atoms with Gasteiger partial charge in [-0.25, -0.2) is 0 Å². The molecule has 0 saturated carbocycles. The Morgan fingerprint density at radius 3 is 1.30 bits per heavy atom. The van der Waals surface area contributed by atoms with E-state index in [9.17, 15) is 0 Å². The molecular weight excluding hydrogens is 391 g/mol. The molecule has 2 rings (SSSR count). The molecule has 0 aromatic heterocycles. The minimum atomic E-state index is -0.0305. The van der Waals surface area contributed by atoms with E-state index in [1.807, 2.05) is 0 Å². The Hall–Kier alpha value is -0.830. The Bertz CT molecular complexity index is 488. The monoisotopic (exact) mass is 421 g/mol. The molecule has 1 heteroatoms. The molecule has 0 spiro atoms. The maximum absolute atomic E-state index is 2.35. The molecular formula is C22H30I-. The van der Waals surface area contributed by atoms with Crippen molar-refractivity contribution in [2.75, 3.05) is 0 Å². The third-order valence-corrected chi connectivity index (χ3v) is 6.87. The fourth-order valence-electron chi connectivity index (χ4n) is 2.71. The van der Waals surface area contributed by atoms with Crippen LogP contribution in [-0.4, -0.2) is 0 Å². The minimum absolute atomic E-state index is 0.0305. The fraction of sp³-hybridized carbons (Fsp3) is 0.455. The third kappa shape index (κ3) is 7.07. The van der Waals surface area contributed by atoms with E-state index in [4.69, 9.17) is 0 Å². The molecule has 0 fully saturated rings. The average Bonchev–Trinajstić information content (AvgIpc) is 2.58. The van der Waals surface area contributed by atoms with E-state index in [-0.39, 0.29) is 21.2 Å². The molecule has 0 nitrogen and oxygen atoms in total. The molecule has 0 aliphatic heterocycles. The standard InChI is InChI=1S/C22H30I/c1-3-5-7-9-19-11-15-21(16-12-19)23-22-17-13-20(14-18-22)10-8-6-4-2/h11-18H,3-10H2,1-2H3/q-1. The van der Waals surface area contributed by atoms with E-state index in [2.05, 4.69) is 62.4 Å². The van der Waals surface area contributed by atoms with E-state index in [1.54, 1.807) is 0 Å². The zero-order chi connectivity index (χ0) is 16.3. The van der Waals surface area contributed by atoms with Gasteiger partial charge in [0.2, 0.25) is 0 Å². The van der Waals surface area contributed by atoms with Gasteiger partial charge >= 0.3 is 153 Å². The summed E-state index contributed by atoms with van der Waals surface area (Å²) in [4.78, 5) is 0. The molecule has 0 unspecified atom stereocenters. The third-order valence-electron chi connectivity index (χ3n) is 4.18. The topological polar surface area (TPSA) is 0 Å². The van der Waals surface area contributed by atoms with Gasteiger partial charge in [0, 0.05) is 0 Å². The predicted octanol–water partition coefficient (Wildman–Crippen LogP) is 3.28. The molecule has 0 atom stereocenters. The van der Waals surface area contributed by atoms with Gasteiger partial charge in [0.05, 0.1) is 0 Å². The predicted molar refractivity (Wildman–Crippen MR) is 96.7 cm³/mol. The van der Waals surface area contributed by atoms with Gasteiger partial charge in [-0.2, -0.15) is 0 Å². The normalized spacial score (nSPS) is 11.0. The number of hydrogen-bond acceptors (Lipinski definition) is 0. The molecule has 0 amide bonds. The van der Waals surface area contributed by atoms with Crippen LogP contribution in [0.25, 0.3) is 0 Å². The van der Waals surface area contributed by atoms with Gasteiger partial charge in [-0.3, -0.25) is 0 Å². The fourth-order valence-corrected chi connectivity index (χ4v) is 4.87. The summed E-state index contributed by atoms with van der Waals surface area (Å²) in [5.74, 6) is 0. The van der Waals surface area contributed by atoms with E-state index in [0.717, 1.165) is 0 Å². The van der Waals surface area contributed by atoms with Gasteiger partial charge in [-0.05, 0) is 0 Å². The Kier molecular flexibility index (Phi) is 8.73. The molecule has 0 radical (unpaired) electrons. The number of halogens is 1.